The summed E-state index contributed by atoms with van der Waals surface area (Å²) in [6.45, 7) is 1.21. The maximum atomic E-state index is 14.2. The van der Waals surface area contributed by atoms with Crippen LogP contribution in [0.4, 0.5) is 0 Å². The summed E-state index contributed by atoms with van der Waals surface area (Å²) in [4.78, 5) is 42.1. The number of carboxylic acid groups (broad SMARTS) is 1. The summed E-state index contributed by atoms with van der Waals surface area (Å²) in [7, 11) is 2.93. The van der Waals surface area contributed by atoms with E-state index in [4.69, 9.17) is 9.47 Å². The second kappa shape index (κ2) is 10.3. The van der Waals surface area contributed by atoms with Crippen molar-refractivity contribution in [2.75, 3.05) is 20.8 Å². The highest BCUT2D eigenvalue weighted by Gasteiger charge is 2.64. The first-order chi connectivity index (χ1) is 17.3. The molecule has 1 N–H and O–H groups in total. The van der Waals surface area contributed by atoms with Crippen molar-refractivity contribution in [3.8, 4) is 5.75 Å². The summed E-state index contributed by atoms with van der Waals surface area (Å²) in [5.74, 6) is -3.01. The lowest BCUT2D eigenvalue weighted by Crippen LogP contribution is -2.55. The molecule has 0 aromatic heterocycles. The minimum Gasteiger partial charge on any atom is -0.497 e. The van der Waals surface area contributed by atoms with Crippen LogP contribution in [0.2, 0.25) is 0 Å². The third-order valence-corrected chi connectivity index (χ3v) is 7.03. The van der Waals surface area contributed by atoms with Gasteiger partial charge >= 0.3 is 5.97 Å². The summed E-state index contributed by atoms with van der Waals surface area (Å²) in [5.41, 5.74) is 0.0375. The Bertz CT molecular complexity index is 1230. The molecule has 1 aliphatic heterocycles. The standard InChI is InChI=1S/C29H29NO6/c1-29(28(33)34)25(19-10-6-4-7-11-19)24(27(32)21-12-8-5-9-13-21)26(30(29)23(31)18-35-2)20-14-16-22(36-3)17-15-20/h4-17,24-26H,18H2,1-3H3,(H,33,34). The number of hydrogen-bond acceptors (Lipinski definition) is 5. The molecule has 7 nitrogen and oxygen atoms in total. The van der Waals surface area contributed by atoms with Crippen LogP contribution in [-0.4, -0.2) is 54.0 Å². The molecule has 0 saturated carbocycles. The topological polar surface area (TPSA) is 93.1 Å². The van der Waals surface area contributed by atoms with Gasteiger partial charge in [-0.3, -0.25) is 9.59 Å². The molecule has 1 aliphatic rings. The number of amides is 1. The highest BCUT2D eigenvalue weighted by molar-refractivity contribution is 6.02. The summed E-state index contributed by atoms with van der Waals surface area (Å²) >= 11 is 0. The number of carboxylic acids is 1. The van der Waals surface area contributed by atoms with Crippen LogP contribution in [0.15, 0.2) is 84.9 Å². The molecule has 0 aliphatic carbocycles. The van der Waals surface area contributed by atoms with Crippen LogP contribution in [-0.2, 0) is 14.3 Å². The minimum absolute atomic E-state index is 0.231. The first-order valence-electron chi connectivity index (χ1n) is 11.7. The molecule has 36 heavy (non-hydrogen) atoms. The Morgan fingerprint density at radius 1 is 0.861 bits per heavy atom. The molecule has 186 valence electrons. The van der Waals surface area contributed by atoms with Gasteiger partial charge in [0.2, 0.25) is 5.91 Å². The maximum absolute atomic E-state index is 14.2. The summed E-state index contributed by atoms with van der Waals surface area (Å²) in [6.07, 6.45) is 0. The molecule has 7 heteroatoms. The zero-order valence-electron chi connectivity index (χ0n) is 20.5. The van der Waals surface area contributed by atoms with Crippen molar-refractivity contribution in [2.45, 2.75) is 24.4 Å². The average molecular weight is 488 g/mol. The predicted octanol–water partition coefficient (Wildman–Crippen LogP) is 4.35. The number of carbonyl (C=O) groups excluding carboxylic acids is 2. The molecule has 1 amide bonds. The van der Waals surface area contributed by atoms with E-state index >= 15 is 0 Å². The molecule has 0 spiro atoms. The Kier molecular flexibility index (Phi) is 7.22. The molecule has 1 fully saturated rings. The van der Waals surface area contributed by atoms with Gasteiger partial charge < -0.3 is 19.5 Å². The zero-order valence-corrected chi connectivity index (χ0v) is 20.5. The van der Waals surface area contributed by atoms with E-state index in [9.17, 15) is 19.5 Å². The molecule has 4 unspecified atom stereocenters. The van der Waals surface area contributed by atoms with Crippen molar-refractivity contribution in [2.24, 2.45) is 5.92 Å². The number of methoxy groups -OCH3 is 2. The van der Waals surface area contributed by atoms with Crippen LogP contribution in [0.25, 0.3) is 0 Å². The number of aliphatic carboxylic acids is 1. The molecule has 3 aromatic rings. The highest BCUT2D eigenvalue weighted by atomic mass is 16.5. The Hall–Kier alpha value is -3.97. The van der Waals surface area contributed by atoms with Crippen LogP contribution in [0.5, 0.6) is 5.75 Å². The molecule has 4 atom stereocenters. The van der Waals surface area contributed by atoms with E-state index in [1.807, 2.05) is 36.4 Å². The van der Waals surface area contributed by atoms with E-state index in [0.717, 1.165) is 0 Å². The van der Waals surface area contributed by atoms with E-state index < -0.39 is 35.3 Å². The van der Waals surface area contributed by atoms with Crippen LogP contribution >= 0.6 is 0 Å². The molecular weight excluding hydrogens is 458 g/mol. The van der Waals surface area contributed by atoms with Crippen molar-refractivity contribution in [3.63, 3.8) is 0 Å². The smallest absolute Gasteiger partial charge is 0.330 e. The Labute approximate surface area is 210 Å². The Morgan fingerprint density at radius 3 is 1.97 bits per heavy atom. The number of likely N-dealkylation sites (tertiary alicyclic amines) is 1. The van der Waals surface area contributed by atoms with Gasteiger partial charge in [-0.15, -0.1) is 0 Å². The number of ether oxygens (including phenoxy) is 2. The maximum Gasteiger partial charge on any atom is 0.330 e. The molecule has 0 radical (unpaired) electrons. The van der Waals surface area contributed by atoms with Crippen LogP contribution in [0.3, 0.4) is 0 Å². The number of ketones is 1. The van der Waals surface area contributed by atoms with Crippen LogP contribution < -0.4 is 4.74 Å². The lowest BCUT2D eigenvalue weighted by atomic mass is 9.71. The fraction of sp³-hybridized carbons (Fsp3) is 0.276. The van der Waals surface area contributed by atoms with Crippen molar-refractivity contribution < 1.29 is 29.0 Å². The SMILES string of the molecule is COCC(=O)N1C(c2ccc(OC)cc2)C(C(=O)c2ccccc2)C(c2ccccc2)C1(C)C(=O)O. The number of rotatable bonds is 8. The molecule has 0 bridgehead atoms. The van der Waals surface area contributed by atoms with Gasteiger partial charge in [0, 0.05) is 18.6 Å². The minimum atomic E-state index is -1.73. The van der Waals surface area contributed by atoms with E-state index in [0.29, 0.717) is 22.4 Å². The summed E-state index contributed by atoms with van der Waals surface area (Å²) in [5, 5.41) is 10.6. The molecule has 1 heterocycles. The van der Waals surface area contributed by atoms with E-state index in [-0.39, 0.29) is 12.4 Å². The quantitative estimate of drug-likeness (QED) is 0.475. The number of nitrogens with zero attached hydrogens (tertiary/aromatic N) is 1. The van der Waals surface area contributed by atoms with Gasteiger partial charge in [0.15, 0.2) is 5.78 Å². The molecular formula is C29H29NO6. The van der Waals surface area contributed by atoms with Gasteiger partial charge in [0.05, 0.1) is 19.1 Å². The van der Waals surface area contributed by atoms with Gasteiger partial charge in [0.25, 0.3) is 0 Å². The molecule has 4 rings (SSSR count). The lowest BCUT2D eigenvalue weighted by molar-refractivity contribution is -0.159. The van der Waals surface area contributed by atoms with Gasteiger partial charge in [-0.2, -0.15) is 0 Å². The normalized spacial score (nSPS) is 23.3. The fourth-order valence-electron chi connectivity index (χ4n) is 5.41. The second-order valence-electron chi connectivity index (χ2n) is 9.01. The Morgan fingerprint density at radius 2 is 1.44 bits per heavy atom. The summed E-state index contributed by atoms with van der Waals surface area (Å²) in [6, 6.07) is 24.0. The van der Waals surface area contributed by atoms with Gasteiger partial charge in [-0.25, -0.2) is 4.79 Å². The molecule has 1 saturated heterocycles. The van der Waals surface area contributed by atoms with Crippen molar-refractivity contribution in [3.05, 3.63) is 102 Å². The fourth-order valence-corrected chi connectivity index (χ4v) is 5.41. The van der Waals surface area contributed by atoms with Crippen molar-refractivity contribution >= 4 is 17.7 Å². The molecule has 3 aromatic carbocycles. The van der Waals surface area contributed by atoms with E-state index in [1.165, 1.54) is 18.9 Å². The lowest BCUT2D eigenvalue weighted by Gasteiger charge is -2.37. The van der Waals surface area contributed by atoms with E-state index in [1.54, 1.807) is 55.6 Å². The third-order valence-electron chi connectivity index (χ3n) is 7.03. The number of hydrogen-bond donors (Lipinski definition) is 1. The largest absolute Gasteiger partial charge is 0.497 e. The highest BCUT2D eigenvalue weighted by Crippen LogP contribution is 2.56. The first kappa shape index (κ1) is 25.1. The Balaban J connectivity index is 2.02. The summed E-state index contributed by atoms with van der Waals surface area (Å²) < 4.78 is 10.4. The third kappa shape index (κ3) is 4.27. The van der Waals surface area contributed by atoms with Crippen LogP contribution in [0, 0.1) is 5.92 Å². The van der Waals surface area contributed by atoms with Crippen LogP contribution in [0.1, 0.15) is 40.4 Å². The van der Waals surface area contributed by atoms with Gasteiger partial charge in [0.1, 0.15) is 17.9 Å². The second-order valence-corrected chi connectivity index (χ2v) is 9.01. The predicted molar refractivity (Wildman–Crippen MR) is 134 cm³/mol. The number of benzene rings is 3. The van der Waals surface area contributed by atoms with Gasteiger partial charge in [-0.05, 0) is 30.2 Å². The number of carbonyl (C=O) groups is 3. The van der Waals surface area contributed by atoms with E-state index in [2.05, 4.69) is 0 Å². The first-order valence-corrected chi connectivity index (χ1v) is 11.7. The van der Waals surface area contributed by atoms with Gasteiger partial charge in [-0.1, -0.05) is 72.8 Å². The van der Waals surface area contributed by atoms with Crippen molar-refractivity contribution in [1.82, 2.24) is 4.90 Å². The zero-order chi connectivity index (χ0) is 25.9. The monoisotopic (exact) mass is 487 g/mol. The van der Waals surface area contributed by atoms with Crippen molar-refractivity contribution in [1.29, 1.82) is 0 Å². The number of Topliss-reactive ketones (excluding diaryl/α,β-unsaturated/α-hetero) is 1. The average Bonchev–Trinajstić information content (AvgIpc) is 3.19.